The summed E-state index contributed by atoms with van der Waals surface area (Å²) in [6.45, 7) is 0. The van der Waals surface area contributed by atoms with Crippen molar-refractivity contribution in [2.45, 2.75) is 31.6 Å². The van der Waals surface area contributed by atoms with Crippen LogP contribution < -0.4 is 23.8 Å². The van der Waals surface area contributed by atoms with E-state index >= 15 is 0 Å². The highest BCUT2D eigenvalue weighted by atomic mass is 16.5. The summed E-state index contributed by atoms with van der Waals surface area (Å²) in [5.74, 6) is 1.92. The first-order valence-electron chi connectivity index (χ1n) is 10.6. The van der Waals surface area contributed by atoms with E-state index in [4.69, 9.17) is 18.9 Å². The molecule has 0 aromatic heterocycles. The van der Waals surface area contributed by atoms with E-state index in [1.165, 1.54) is 0 Å². The summed E-state index contributed by atoms with van der Waals surface area (Å²) in [6, 6.07) is 10.9. The van der Waals surface area contributed by atoms with Crippen LogP contribution in [0.25, 0.3) is 0 Å². The molecule has 0 saturated carbocycles. The fourth-order valence-electron chi connectivity index (χ4n) is 4.61. The molecule has 0 spiro atoms. The molecule has 0 fully saturated rings. The number of anilines is 1. The minimum atomic E-state index is -0.408. The molecule has 7 nitrogen and oxygen atoms in total. The summed E-state index contributed by atoms with van der Waals surface area (Å²) in [4.78, 5) is 28.3. The van der Waals surface area contributed by atoms with Gasteiger partial charge < -0.3 is 18.9 Å². The molecule has 1 aliphatic heterocycles. The zero-order valence-electron chi connectivity index (χ0n) is 18.8. The summed E-state index contributed by atoms with van der Waals surface area (Å²) in [5, 5.41) is 0. The number of carbonyl (C=O) groups excluding carboxylic acids is 2. The quantitative estimate of drug-likeness (QED) is 0.673. The van der Waals surface area contributed by atoms with E-state index in [1.54, 1.807) is 39.4 Å². The van der Waals surface area contributed by atoms with Crippen LogP contribution in [0, 0.1) is 0 Å². The molecule has 4 rings (SSSR count). The van der Waals surface area contributed by atoms with Gasteiger partial charge in [0.1, 0.15) is 11.5 Å². The molecular weight excluding hydrogens is 410 g/mol. The molecule has 2 aromatic carbocycles. The standard InChI is InChI=1S/C25H27NO6/c1-29-16-10-8-15(9-11-16)26-19-6-5-7-20(27)25(19)18(13-24(26)28)17-12-22(31-3)23(32-4)14-21(17)30-2/h8-12,14,18H,5-7,13H2,1-4H3. The molecule has 1 amide bonds. The third-order valence-corrected chi connectivity index (χ3v) is 6.12. The number of rotatable bonds is 6. The lowest BCUT2D eigenvalue weighted by molar-refractivity contribution is -0.119. The molecule has 168 valence electrons. The second kappa shape index (κ2) is 8.94. The Morgan fingerprint density at radius 1 is 0.812 bits per heavy atom. The van der Waals surface area contributed by atoms with Gasteiger partial charge in [-0.1, -0.05) is 0 Å². The van der Waals surface area contributed by atoms with Crippen molar-refractivity contribution in [1.82, 2.24) is 0 Å². The van der Waals surface area contributed by atoms with E-state index < -0.39 is 5.92 Å². The normalized spacial score (nSPS) is 18.4. The second-order valence-corrected chi connectivity index (χ2v) is 7.77. The van der Waals surface area contributed by atoms with Gasteiger partial charge in [0.15, 0.2) is 17.3 Å². The largest absolute Gasteiger partial charge is 0.497 e. The number of amides is 1. The number of ketones is 1. The van der Waals surface area contributed by atoms with Crippen molar-refractivity contribution >= 4 is 17.4 Å². The minimum Gasteiger partial charge on any atom is -0.497 e. The van der Waals surface area contributed by atoms with Gasteiger partial charge in [0.05, 0.1) is 28.4 Å². The first-order valence-corrected chi connectivity index (χ1v) is 10.6. The number of Topliss-reactive ketones (excluding diaryl/α,β-unsaturated/α-hetero) is 1. The fraction of sp³-hybridized carbons (Fsp3) is 0.360. The lowest BCUT2D eigenvalue weighted by Gasteiger charge is -2.38. The highest BCUT2D eigenvalue weighted by molar-refractivity contribution is 6.07. The Kier molecular flexibility index (Phi) is 6.08. The number of nitrogens with zero attached hydrogens (tertiary/aromatic N) is 1. The lowest BCUT2D eigenvalue weighted by Crippen LogP contribution is -2.40. The Balaban J connectivity index is 1.87. The monoisotopic (exact) mass is 437 g/mol. The maximum atomic E-state index is 13.4. The Labute approximate surface area is 187 Å². The smallest absolute Gasteiger partial charge is 0.232 e. The first kappa shape index (κ1) is 21.7. The zero-order chi connectivity index (χ0) is 22.8. The van der Waals surface area contributed by atoms with Gasteiger partial charge in [-0.2, -0.15) is 0 Å². The van der Waals surface area contributed by atoms with E-state index in [-0.39, 0.29) is 18.1 Å². The van der Waals surface area contributed by atoms with Gasteiger partial charge in [-0.3, -0.25) is 14.5 Å². The van der Waals surface area contributed by atoms with Gasteiger partial charge in [-0.25, -0.2) is 0 Å². The molecule has 1 atom stereocenters. The minimum absolute atomic E-state index is 0.0644. The fourth-order valence-corrected chi connectivity index (χ4v) is 4.61. The molecule has 1 aliphatic carbocycles. The number of ether oxygens (including phenoxy) is 4. The molecule has 2 aliphatic rings. The van der Waals surface area contributed by atoms with Crippen LogP contribution in [0.2, 0.25) is 0 Å². The first-order chi connectivity index (χ1) is 15.5. The van der Waals surface area contributed by atoms with E-state index in [0.29, 0.717) is 47.8 Å². The number of benzene rings is 2. The zero-order valence-corrected chi connectivity index (χ0v) is 18.8. The van der Waals surface area contributed by atoms with E-state index in [1.807, 2.05) is 30.3 Å². The van der Waals surface area contributed by atoms with Gasteiger partial charge in [0.2, 0.25) is 5.91 Å². The number of hydrogen-bond acceptors (Lipinski definition) is 6. The summed E-state index contributed by atoms with van der Waals surface area (Å²) in [7, 11) is 6.28. The number of hydrogen-bond donors (Lipinski definition) is 0. The Bertz CT molecular complexity index is 1070. The SMILES string of the molecule is COc1ccc(N2C(=O)CC(c3cc(OC)c(OC)cc3OC)C3=C2CCCC3=O)cc1. The van der Waals surface area contributed by atoms with Gasteiger partial charge in [-0.15, -0.1) is 0 Å². The number of carbonyl (C=O) groups is 2. The Hall–Kier alpha value is -3.48. The second-order valence-electron chi connectivity index (χ2n) is 7.77. The summed E-state index contributed by atoms with van der Waals surface area (Å²) in [5.41, 5.74) is 2.92. The predicted octanol–water partition coefficient (Wildman–Crippen LogP) is 4.25. The van der Waals surface area contributed by atoms with Crippen LogP contribution in [0.5, 0.6) is 23.0 Å². The van der Waals surface area contributed by atoms with Crippen molar-refractivity contribution in [1.29, 1.82) is 0 Å². The van der Waals surface area contributed by atoms with Crippen LogP contribution in [0.4, 0.5) is 5.69 Å². The average molecular weight is 437 g/mol. The highest BCUT2D eigenvalue weighted by Gasteiger charge is 2.41. The average Bonchev–Trinajstić information content (AvgIpc) is 2.82. The van der Waals surface area contributed by atoms with Crippen LogP contribution in [-0.2, 0) is 9.59 Å². The van der Waals surface area contributed by atoms with Crippen molar-refractivity contribution in [3.05, 3.63) is 53.2 Å². The van der Waals surface area contributed by atoms with E-state index in [0.717, 1.165) is 16.9 Å². The van der Waals surface area contributed by atoms with Gasteiger partial charge in [-0.05, 0) is 43.2 Å². The molecule has 1 unspecified atom stereocenters. The van der Waals surface area contributed by atoms with Gasteiger partial charge in [0.25, 0.3) is 0 Å². The highest BCUT2D eigenvalue weighted by Crippen LogP contribution is 2.48. The molecular formula is C25H27NO6. The molecule has 0 N–H and O–H groups in total. The Morgan fingerprint density at radius 2 is 1.47 bits per heavy atom. The molecule has 0 bridgehead atoms. The van der Waals surface area contributed by atoms with Gasteiger partial charge in [0, 0.05) is 47.3 Å². The summed E-state index contributed by atoms with van der Waals surface area (Å²) < 4.78 is 21.7. The van der Waals surface area contributed by atoms with Crippen molar-refractivity contribution in [3.63, 3.8) is 0 Å². The van der Waals surface area contributed by atoms with Crippen LogP contribution in [-0.4, -0.2) is 40.1 Å². The van der Waals surface area contributed by atoms with Crippen LogP contribution in [0.1, 0.15) is 37.2 Å². The third kappa shape index (κ3) is 3.68. The Morgan fingerprint density at radius 3 is 2.09 bits per heavy atom. The van der Waals surface area contributed by atoms with Crippen LogP contribution >= 0.6 is 0 Å². The third-order valence-electron chi connectivity index (χ3n) is 6.12. The molecule has 1 heterocycles. The lowest BCUT2D eigenvalue weighted by atomic mass is 9.76. The summed E-state index contributed by atoms with van der Waals surface area (Å²) in [6.07, 6.45) is 2.00. The van der Waals surface area contributed by atoms with Gasteiger partial charge >= 0.3 is 0 Å². The van der Waals surface area contributed by atoms with E-state index in [2.05, 4.69) is 0 Å². The number of allylic oxidation sites excluding steroid dienone is 2. The van der Waals surface area contributed by atoms with Crippen molar-refractivity contribution in [2.24, 2.45) is 0 Å². The van der Waals surface area contributed by atoms with Crippen molar-refractivity contribution < 1.29 is 28.5 Å². The maximum Gasteiger partial charge on any atom is 0.232 e. The summed E-state index contributed by atoms with van der Waals surface area (Å²) >= 11 is 0. The predicted molar refractivity (Wildman–Crippen MR) is 120 cm³/mol. The van der Waals surface area contributed by atoms with Crippen LogP contribution in [0.3, 0.4) is 0 Å². The van der Waals surface area contributed by atoms with Crippen LogP contribution in [0.15, 0.2) is 47.7 Å². The van der Waals surface area contributed by atoms with E-state index in [9.17, 15) is 9.59 Å². The number of methoxy groups -OCH3 is 4. The molecule has 0 radical (unpaired) electrons. The molecule has 32 heavy (non-hydrogen) atoms. The van der Waals surface area contributed by atoms with Crippen molar-refractivity contribution in [3.8, 4) is 23.0 Å². The maximum absolute atomic E-state index is 13.4. The molecule has 2 aromatic rings. The molecule has 7 heteroatoms. The topological polar surface area (TPSA) is 74.3 Å². The molecule has 0 saturated heterocycles. The van der Waals surface area contributed by atoms with Crippen molar-refractivity contribution in [2.75, 3.05) is 33.3 Å².